The van der Waals surface area contributed by atoms with Gasteiger partial charge in [0.25, 0.3) is 5.91 Å². The maximum atomic E-state index is 12.9. The standard InChI is InChI=1S/C20H28N4O3S/c1-16-13-17(2)24(21-16)15-18-5-4-6-19(14-18)20(25)23-9-7-22(8-10-23)11-12-28(3,26)27/h4-6,13-14H,7-12,15H2,1-3H3. The van der Waals surface area contributed by atoms with Crippen LogP contribution in [-0.2, 0) is 16.4 Å². The summed E-state index contributed by atoms with van der Waals surface area (Å²) in [5, 5.41) is 4.49. The van der Waals surface area contributed by atoms with Gasteiger partial charge in [0.05, 0.1) is 18.0 Å². The zero-order valence-corrected chi connectivity index (χ0v) is 17.6. The number of amides is 1. The van der Waals surface area contributed by atoms with E-state index in [4.69, 9.17) is 0 Å². The molecule has 0 atom stereocenters. The third-order valence-corrected chi connectivity index (χ3v) is 5.97. The van der Waals surface area contributed by atoms with Crippen LogP contribution >= 0.6 is 0 Å². The Hall–Kier alpha value is -2.19. The second-order valence-electron chi connectivity index (χ2n) is 7.55. The van der Waals surface area contributed by atoms with Gasteiger partial charge in [-0.2, -0.15) is 5.10 Å². The van der Waals surface area contributed by atoms with E-state index in [0.717, 1.165) is 17.0 Å². The minimum atomic E-state index is -2.96. The number of carbonyl (C=O) groups excluding carboxylic acids is 1. The number of hydrogen-bond acceptors (Lipinski definition) is 5. The van der Waals surface area contributed by atoms with Crippen LogP contribution in [0.1, 0.15) is 27.3 Å². The van der Waals surface area contributed by atoms with Crippen molar-refractivity contribution in [1.29, 1.82) is 0 Å². The van der Waals surface area contributed by atoms with E-state index in [-0.39, 0.29) is 11.7 Å². The van der Waals surface area contributed by atoms with E-state index in [1.165, 1.54) is 6.26 Å². The van der Waals surface area contributed by atoms with Gasteiger partial charge in [-0.15, -0.1) is 0 Å². The first-order valence-electron chi connectivity index (χ1n) is 9.50. The van der Waals surface area contributed by atoms with Gasteiger partial charge >= 0.3 is 0 Å². The fourth-order valence-corrected chi connectivity index (χ4v) is 4.05. The van der Waals surface area contributed by atoms with Crippen LogP contribution in [0.2, 0.25) is 0 Å². The van der Waals surface area contributed by atoms with Crippen LogP contribution in [0, 0.1) is 13.8 Å². The van der Waals surface area contributed by atoms with Crippen molar-refractivity contribution in [3.05, 3.63) is 52.8 Å². The van der Waals surface area contributed by atoms with Crippen LogP contribution in [0.4, 0.5) is 0 Å². The third-order valence-electron chi connectivity index (χ3n) is 5.05. The quantitative estimate of drug-likeness (QED) is 0.727. The molecule has 2 heterocycles. The predicted octanol–water partition coefficient (Wildman–Crippen LogP) is 1.35. The van der Waals surface area contributed by atoms with Gasteiger partial charge in [-0.3, -0.25) is 14.4 Å². The highest BCUT2D eigenvalue weighted by Crippen LogP contribution is 2.13. The smallest absolute Gasteiger partial charge is 0.253 e. The molecule has 0 radical (unpaired) electrons. The molecule has 1 saturated heterocycles. The summed E-state index contributed by atoms with van der Waals surface area (Å²) in [7, 11) is -2.96. The maximum absolute atomic E-state index is 12.9. The fraction of sp³-hybridized carbons (Fsp3) is 0.500. The van der Waals surface area contributed by atoms with E-state index in [1.807, 2.05) is 53.8 Å². The van der Waals surface area contributed by atoms with E-state index in [9.17, 15) is 13.2 Å². The highest BCUT2D eigenvalue weighted by atomic mass is 32.2. The number of sulfone groups is 1. The number of aryl methyl sites for hydroxylation is 2. The summed E-state index contributed by atoms with van der Waals surface area (Å²) in [5.41, 5.74) is 3.81. The Kier molecular flexibility index (Phi) is 6.20. The average molecular weight is 405 g/mol. The van der Waals surface area contributed by atoms with Gasteiger partial charge in [0.2, 0.25) is 0 Å². The molecule has 1 aliphatic rings. The summed E-state index contributed by atoms with van der Waals surface area (Å²) in [5.74, 6) is 0.188. The lowest BCUT2D eigenvalue weighted by atomic mass is 10.1. The SMILES string of the molecule is Cc1cc(C)n(Cc2cccc(C(=O)N3CCN(CCS(C)(=O)=O)CC3)c2)n1. The number of piperazine rings is 1. The number of benzene rings is 1. The molecule has 28 heavy (non-hydrogen) atoms. The summed E-state index contributed by atoms with van der Waals surface area (Å²) in [4.78, 5) is 16.8. The fourth-order valence-electron chi connectivity index (χ4n) is 3.46. The zero-order chi connectivity index (χ0) is 20.3. The number of aromatic nitrogens is 2. The lowest BCUT2D eigenvalue weighted by molar-refractivity contribution is 0.0644. The monoisotopic (exact) mass is 404 g/mol. The first kappa shape index (κ1) is 20.5. The number of nitrogens with zero attached hydrogens (tertiary/aromatic N) is 4. The molecule has 1 aliphatic heterocycles. The molecular formula is C20H28N4O3S. The Balaban J connectivity index is 1.60. The Morgan fingerprint density at radius 3 is 2.43 bits per heavy atom. The maximum Gasteiger partial charge on any atom is 0.253 e. The van der Waals surface area contributed by atoms with Crippen LogP contribution in [0.3, 0.4) is 0 Å². The van der Waals surface area contributed by atoms with Crippen molar-refractivity contribution in [2.45, 2.75) is 20.4 Å². The van der Waals surface area contributed by atoms with Crippen molar-refractivity contribution >= 4 is 15.7 Å². The second-order valence-corrected chi connectivity index (χ2v) is 9.81. The van der Waals surface area contributed by atoms with Crippen molar-refractivity contribution in [2.24, 2.45) is 0 Å². The Morgan fingerprint density at radius 2 is 1.82 bits per heavy atom. The topological polar surface area (TPSA) is 75.5 Å². The molecule has 152 valence electrons. The minimum absolute atomic E-state index is 0.0259. The van der Waals surface area contributed by atoms with Gasteiger partial charge in [-0.1, -0.05) is 12.1 Å². The third kappa shape index (κ3) is 5.42. The van der Waals surface area contributed by atoms with Crippen LogP contribution in [0.25, 0.3) is 0 Å². The van der Waals surface area contributed by atoms with E-state index in [0.29, 0.717) is 44.8 Å². The Bertz CT molecular complexity index is 944. The van der Waals surface area contributed by atoms with Gasteiger partial charge in [-0.05, 0) is 37.6 Å². The van der Waals surface area contributed by atoms with Crippen LogP contribution in [0.5, 0.6) is 0 Å². The van der Waals surface area contributed by atoms with E-state index in [2.05, 4.69) is 10.00 Å². The molecule has 3 rings (SSSR count). The first-order valence-corrected chi connectivity index (χ1v) is 11.6. The largest absolute Gasteiger partial charge is 0.336 e. The summed E-state index contributed by atoms with van der Waals surface area (Å²) in [6, 6.07) is 9.75. The molecule has 0 bridgehead atoms. The van der Waals surface area contributed by atoms with Gasteiger partial charge in [-0.25, -0.2) is 8.42 Å². The predicted molar refractivity (Wildman–Crippen MR) is 109 cm³/mol. The van der Waals surface area contributed by atoms with Crippen LogP contribution in [-0.4, -0.2) is 78.6 Å². The van der Waals surface area contributed by atoms with E-state index < -0.39 is 9.84 Å². The van der Waals surface area contributed by atoms with Gasteiger partial charge in [0.15, 0.2) is 0 Å². The molecule has 0 unspecified atom stereocenters. The molecule has 1 fully saturated rings. The Morgan fingerprint density at radius 1 is 1.11 bits per heavy atom. The highest BCUT2D eigenvalue weighted by Gasteiger charge is 2.22. The van der Waals surface area contributed by atoms with E-state index in [1.54, 1.807) is 0 Å². The lowest BCUT2D eigenvalue weighted by Gasteiger charge is -2.34. The minimum Gasteiger partial charge on any atom is -0.336 e. The first-order chi connectivity index (χ1) is 13.2. The zero-order valence-electron chi connectivity index (χ0n) is 16.8. The van der Waals surface area contributed by atoms with Crippen molar-refractivity contribution in [2.75, 3.05) is 44.7 Å². The molecule has 0 N–H and O–H groups in total. The van der Waals surface area contributed by atoms with Gasteiger partial charge in [0.1, 0.15) is 9.84 Å². The number of rotatable bonds is 6. The molecule has 7 nitrogen and oxygen atoms in total. The van der Waals surface area contributed by atoms with Crippen molar-refractivity contribution in [1.82, 2.24) is 19.6 Å². The van der Waals surface area contributed by atoms with Gasteiger partial charge < -0.3 is 4.90 Å². The van der Waals surface area contributed by atoms with Crippen molar-refractivity contribution < 1.29 is 13.2 Å². The molecule has 0 spiro atoms. The molecule has 0 aliphatic carbocycles. The molecule has 0 saturated carbocycles. The summed E-state index contributed by atoms with van der Waals surface area (Å²) >= 11 is 0. The number of hydrogen-bond donors (Lipinski definition) is 0. The Labute approximate surface area is 166 Å². The second kappa shape index (κ2) is 8.45. The summed E-state index contributed by atoms with van der Waals surface area (Å²) < 4.78 is 24.6. The van der Waals surface area contributed by atoms with Crippen LogP contribution < -0.4 is 0 Å². The molecule has 1 aromatic carbocycles. The van der Waals surface area contributed by atoms with E-state index >= 15 is 0 Å². The molecular weight excluding hydrogens is 376 g/mol. The highest BCUT2D eigenvalue weighted by molar-refractivity contribution is 7.90. The molecule has 1 amide bonds. The average Bonchev–Trinajstić information content (AvgIpc) is 2.96. The van der Waals surface area contributed by atoms with Crippen molar-refractivity contribution in [3.8, 4) is 0 Å². The molecule has 2 aromatic rings. The number of carbonyl (C=O) groups is 1. The lowest BCUT2D eigenvalue weighted by Crippen LogP contribution is -2.49. The summed E-state index contributed by atoms with van der Waals surface area (Å²) in [6.07, 6.45) is 1.26. The molecule has 8 heteroatoms. The van der Waals surface area contributed by atoms with Gasteiger partial charge in [0, 0.05) is 50.2 Å². The normalized spacial score (nSPS) is 15.8. The molecule has 1 aromatic heterocycles. The van der Waals surface area contributed by atoms with Crippen LogP contribution in [0.15, 0.2) is 30.3 Å². The van der Waals surface area contributed by atoms with Crippen molar-refractivity contribution in [3.63, 3.8) is 0 Å². The summed E-state index contributed by atoms with van der Waals surface area (Å²) in [6.45, 7) is 7.80.